The standard InChI is InChI=1S/C22H30O4S/c1-4-17(3)15-18-11-12-21-22(5-2,26-18)16-19(25-21)13-14-27(23,24)20-9-7-6-8-10-20/h6-10,18-19,21H,1,5,11-16H2,2-3H3. The molecule has 27 heavy (non-hydrogen) atoms. The number of fused-ring (bicyclic) bond motifs is 1. The number of benzene rings is 1. The van der Waals surface area contributed by atoms with E-state index in [1.165, 1.54) is 0 Å². The highest BCUT2D eigenvalue weighted by atomic mass is 32.2. The van der Waals surface area contributed by atoms with Crippen molar-refractivity contribution in [1.82, 2.24) is 0 Å². The molecule has 148 valence electrons. The van der Waals surface area contributed by atoms with Gasteiger partial charge in [-0.1, -0.05) is 31.7 Å². The van der Waals surface area contributed by atoms with Crippen LogP contribution in [0.4, 0.5) is 0 Å². The van der Waals surface area contributed by atoms with E-state index in [9.17, 15) is 8.42 Å². The van der Waals surface area contributed by atoms with Gasteiger partial charge in [-0.2, -0.15) is 0 Å². The predicted molar refractivity (Wildman–Crippen MR) is 106 cm³/mol. The van der Waals surface area contributed by atoms with Gasteiger partial charge in [0.15, 0.2) is 9.84 Å². The van der Waals surface area contributed by atoms with Crippen molar-refractivity contribution in [1.29, 1.82) is 0 Å². The lowest BCUT2D eigenvalue weighted by atomic mass is 9.83. The van der Waals surface area contributed by atoms with E-state index in [4.69, 9.17) is 9.47 Å². The Morgan fingerprint density at radius 3 is 2.67 bits per heavy atom. The fourth-order valence-electron chi connectivity index (χ4n) is 4.32. The van der Waals surface area contributed by atoms with E-state index in [1.54, 1.807) is 24.3 Å². The van der Waals surface area contributed by atoms with Crippen LogP contribution in [0.15, 0.2) is 53.1 Å². The summed E-state index contributed by atoms with van der Waals surface area (Å²) in [5, 5.41) is 0. The summed E-state index contributed by atoms with van der Waals surface area (Å²) >= 11 is 0. The van der Waals surface area contributed by atoms with Crippen molar-refractivity contribution in [2.75, 3.05) is 5.75 Å². The molecule has 0 bridgehead atoms. The molecule has 4 atom stereocenters. The van der Waals surface area contributed by atoms with Gasteiger partial charge in [-0.3, -0.25) is 0 Å². The van der Waals surface area contributed by atoms with Gasteiger partial charge in [0.25, 0.3) is 0 Å². The van der Waals surface area contributed by atoms with Crippen molar-refractivity contribution in [2.24, 2.45) is 0 Å². The topological polar surface area (TPSA) is 52.6 Å². The number of sulfone groups is 1. The second kappa shape index (κ2) is 8.32. The van der Waals surface area contributed by atoms with Crippen LogP contribution in [0.2, 0.25) is 0 Å². The van der Waals surface area contributed by atoms with Crippen LogP contribution in [0.1, 0.15) is 52.4 Å². The average molecular weight is 391 g/mol. The molecule has 1 aromatic rings. The molecular formula is C22H30O4S. The molecule has 2 fully saturated rings. The first-order chi connectivity index (χ1) is 12.9. The molecule has 1 aromatic carbocycles. The second-order valence-electron chi connectivity index (χ2n) is 7.77. The van der Waals surface area contributed by atoms with E-state index in [2.05, 4.69) is 19.2 Å². The smallest absolute Gasteiger partial charge is 0.178 e. The van der Waals surface area contributed by atoms with Crippen molar-refractivity contribution in [3.05, 3.63) is 48.2 Å². The van der Waals surface area contributed by atoms with Crippen LogP contribution in [-0.4, -0.2) is 38.1 Å². The summed E-state index contributed by atoms with van der Waals surface area (Å²) in [5.74, 6) is 0.107. The molecule has 0 spiro atoms. The predicted octanol–water partition coefficient (Wildman–Crippen LogP) is 4.46. The van der Waals surface area contributed by atoms with E-state index < -0.39 is 9.84 Å². The summed E-state index contributed by atoms with van der Waals surface area (Å²) in [4.78, 5) is 0.383. The third kappa shape index (κ3) is 4.55. The summed E-state index contributed by atoms with van der Waals surface area (Å²) in [6.07, 6.45) is 5.11. The Morgan fingerprint density at radius 2 is 2.00 bits per heavy atom. The van der Waals surface area contributed by atoms with E-state index in [-0.39, 0.29) is 29.7 Å². The van der Waals surface area contributed by atoms with E-state index in [1.807, 2.05) is 13.0 Å². The van der Waals surface area contributed by atoms with Crippen LogP contribution < -0.4 is 0 Å². The van der Waals surface area contributed by atoms with Gasteiger partial charge in [-0.25, -0.2) is 8.42 Å². The minimum absolute atomic E-state index is 0.0659. The summed E-state index contributed by atoms with van der Waals surface area (Å²) in [6.45, 7) is 7.88. The molecule has 0 N–H and O–H groups in total. The van der Waals surface area contributed by atoms with Gasteiger partial charge in [-0.15, -0.1) is 5.73 Å². The van der Waals surface area contributed by atoms with Crippen LogP contribution in [0.25, 0.3) is 0 Å². The van der Waals surface area contributed by atoms with Gasteiger partial charge >= 0.3 is 0 Å². The number of ether oxygens (including phenoxy) is 2. The Morgan fingerprint density at radius 1 is 1.26 bits per heavy atom. The fraction of sp³-hybridized carbons (Fsp3) is 0.591. The van der Waals surface area contributed by atoms with Gasteiger partial charge < -0.3 is 9.47 Å². The highest BCUT2D eigenvalue weighted by molar-refractivity contribution is 7.91. The first-order valence-electron chi connectivity index (χ1n) is 9.85. The van der Waals surface area contributed by atoms with Crippen LogP contribution in [0.5, 0.6) is 0 Å². The first kappa shape index (κ1) is 20.3. The van der Waals surface area contributed by atoms with Crippen molar-refractivity contribution in [3.8, 4) is 0 Å². The monoisotopic (exact) mass is 390 g/mol. The highest BCUT2D eigenvalue weighted by Crippen LogP contribution is 2.45. The lowest BCUT2D eigenvalue weighted by molar-refractivity contribution is -0.166. The molecule has 4 nitrogen and oxygen atoms in total. The van der Waals surface area contributed by atoms with Crippen LogP contribution in [-0.2, 0) is 19.3 Å². The number of rotatable bonds is 7. The summed E-state index contributed by atoms with van der Waals surface area (Å²) in [7, 11) is -3.28. The second-order valence-corrected chi connectivity index (χ2v) is 9.88. The minimum atomic E-state index is -3.28. The Balaban J connectivity index is 1.63. The van der Waals surface area contributed by atoms with Crippen LogP contribution in [0.3, 0.4) is 0 Å². The third-order valence-electron chi connectivity index (χ3n) is 5.91. The zero-order valence-electron chi connectivity index (χ0n) is 16.3. The molecule has 4 unspecified atom stereocenters. The van der Waals surface area contributed by atoms with E-state index >= 15 is 0 Å². The Labute approximate surface area is 163 Å². The maximum Gasteiger partial charge on any atom is 0.178 e. The molecule has 2 aliphatic rings. The molecule has 5 heteroatoms. The lowest BCUT2D eigenvalue weighted by Crippen LogP contribution is -2.47. The maximum absolute atomic E-state index is 12.6. The SMILES string of the molecule is C=C=C(C)CC1CCC2OC(CCS(=O)(=O)c3ccccc3)CC2(CC)O1. The van der Waals surface area contributed by atoms with Crippen molar-refractivity contribution >= 4 is 9.84 Å². The van der Waals surface area contributed by atoms with Crippen LogP contribution >= 0.6 is 0 Å². The van der Waals surface area contributed by atoms with E-state index in [0.717, 1.165) is 37.7 Å². The normalized spacial score (nSPS) is 30.5. The molecule has 0 aromatic heterocycles. The van der Waals surface area contributed by atoms with E-state index in [0.29, 0.717) is 11.3 Å². The van der Waals surface area contributed by atoms with Gasteiger partial charge in [0, 0.05) is 12.8 Å². The molecule has 2 heterocycles. The van der Waals surface area contributed by atoms with Crippen LogP contribution in [0, 0.1) is 0 Å². The Hall–Kier alpha value is -1.39. The molecule has 3 rings (SSSR count). The molecule has 2 aliphatic heterocycles. The molecule has 0 saturated carbocycles. The third-order valence-corrected chi connectivity index (χ3v) is 7.68. The Bertz CT molecular complexity index is 795. The summed E-state index contributed by atoms with van der Waals surface area (Å²) in [5.41, 5.74) is 3.79. The quantitative estimate of drug-likeness (QED) is 0.645. The number of hydrogen-bond acceptors (Lipinski definition) is 4. The largest absolute Gasteiger partial charge is 0.372 e. The summed E-state index contributed by atoms with van der Waals surface area (Å²) < 4.78 is 37.9. The molecule has 0 amide bonds. The van der Waals surface area contributed by atoms with Gasteiger partial charge in [-0.05, 0) is 50.3 Å². The Kier molecular flexibility index (Phi) is 6.27. The van der Waals surface area contributed by atoms with Crippen molar-refractivity contribution in [3.63, 3.8) is 0 Å². The maximum atomic E-state index is 12.6. The summed E-state index contributed by atoms with van der Waals surface area (Å²) in [6, 6.07) is 8.65. The van der Waals surface area contributed by atoms with Gasteiger partial charge in [0.2, 0.25) is 0 Å². The zero-order chi connectivity index (χ0) is 19.5. The lowest BCUT2D eigenvalue weighted by Gasteiger charge is -2.41. The molecule has 0 aliphatic carbocycles. The molecule has 2 saturated heterocycles. The van der Waals surface area contributed by atoms with Crippen molar-refractivity contribution in [2.45, 2.75) is 81.2 Å². The zero-order valence-corrected chi connectivity index (χ0v) is 17.1. The van der Waals surface area contributed by atoms with Crippen molar-refractivity contribution < 1.29 is 17.9 Å². The minimum Gasteiger partial charge on any atom is -0.372 e. The highest BCUT2D eigenvalue weighted by Gasteiger charge is 2.51. The first-order valence-corrected chi connectivity index (χ1v) is 11.5. The fourth-order valence-corrected chi connectivity index (χ4v) is 5.70. The average Bonchev–Trinajstić information content (AvgIpc) is 3.05. The molecule has 0 radical (unpaired) electrons. The van der Waals surface area contributed by atoms with Gasteiger partial charge in [0.05, 0.1) is 34.6 Å². The van der Waals surface area contributed by atoms with Gasteiger partial charge in [0.1, 0.15) is 0 Å². The number of hydrogen-bond donors (Lipinski definition) is 0. The molecular weight excluding hydrogens is 360 g/mol.